The molecule has 0 radical (unpaired) electrons. The Morgan fingerprint density at radius 2 is 1.77 bits per heavy atom. The van der Waals surface area contributed by atoms with Crippen LogP contribution in [0.3, 0.4) is 0 Å². The van der Waals surface area contributed by atoms with Gasteiger partial charge in [0.15, 0.2) is 11.7 Å². The predicted molar refractivity (Wildman–Crippen MR) is 147 cm³/mol. The molecule has 0 amide bonds. The number of para-hydroxylation sites is 1. The Kier molecular flexibility index (Phi) is 9.48. The summed E-state index contributed by atoms with van der Waals surface area (Å²) in [5.74, 6) is 0.0756. The van der Waals surface area contributed by atoms with Crippen LogP contribution in [0, 0.1) is 6.92 Å². The number of sulfonamides is 1. The standard InChI is InChI=1S/C25H30FN7O5S/c1-15(26)14-28-23(27-4)22(38-7)17(3)39(34,35)32-25-31-30-24(18-11-8-10-16(2)29-18)33(25)21-19(36-5)12-9-13-20(21)37-6/h8-14,17,22H,4H2,1-3,5-7H3,(H,31,32)/b15-14+,28-23?/t17-,22-/m0/s1. The smallest absolute Gasteiger partial charge is 0.243 e. The number of methoxy groups -OCH3 is 3. The number of benzene rings is 1. The van der Waals surface area contributed by atoms with E-state index in [0.29, 0.717) is 28.6 Å². The first-order chi connectivity index (χ1) is 18.6. The van der Waals surface area contributed by atoms with E-state index in [0.717, 1.165) is 6.20 Å². The largest absolute Gasteiger partial charge is 0.494 e. The fraction of sp³-hybridized carbons (Fsp3) is 0.320. The number of amidine groups is 1. The van der Waals surface area contributed by atoms with Gasteiger partial charge in [-0.2, -0.15) is 0 Å². The van der Waals surface area contributed by atoms with Crippen molar-refractivity contribution in [2.24, 2.45) is 9.98 Å². The number of aliphatic imine (C=N–C) groups is 2. The molecule has 0 bridgehead atoms. The van der Waals surface area contributed by atoms with E-state index in [4.69, 9.17) is 14.2 Å². The lowest BCUT2D eigenvalue weighted by Gasteiger charge is -2.23. The molecule has 39 heavy (non-hydrogen) atoms. The molecule has 0 aliphatic heterocycles. The van der Waals surface area contributed by atoms with Gasteiger partial charge in [-0.3, -0.25) is 9.29 Å². The van der Waals surface area contributed by atoms with Gasteiger partial charge in [-0.1, -0.05) is 12.1 Å². The molecule has 0 saturated heterocycles. The molecular formula is C25H30FN7O5S. The normalized spacial score (nSPS) is 14.0. The van der Waals surface area contributed by atoms with E-state index in [2.05, 4.69) is 36.6 Å². The van der Waals surface area contributed by atoms with Crippen molar-refractivity contribution in [1.82, 2.24) is 19.7 Å². The first-order valence-corrected chi connectivity index (χ1v) is 13.1. The molecule has 14 heteroatoms. The quantitative estimate of drug-likeness (QED) is 0.277. The highest BCUT2D eigenvalue weighted by molar-refractivity contribution is 7.93. The molecule has 208 valence electrons. The number of ether oxygens (including phenoxy) is 3. The zero-order chi connectivity index (χ0) is 28.7. The summed E-state index contributed by atoms with van der Waals surface area (Å²) in [6.45, 7) is 7.79. The highest BCUT2D eigenvalue weighted by atomic mass is 32.2. The van der Waals surface area contributed by atoms with Crippen LogP contribution >= 0.6 is 0 Å². The second-order valence-corrected chi connectivity index (χ2v) is 10.3. The minimum absolute atomic E-state index is 0.120. The molecule has 2 heterocycles. The van der Waals surface area contributed by atoms with E-state index in [1.54, 1.807) is 30.3 Å². The van der Waals surface area contributed by atoms with E-state index >= 15 is 0 Å². The van der Waals surface area contributed by atoms with Crippen LogP contribution in [0.4, 0.5) is 10.3 Å². The summed E-state index contributed by atoms with van der Waals surface area (Å²) in [4.78, 5) is 12.1. The zero-order valence-electron chi connectivity index (χ0n) is 22.4. The molecule has 0 saturated carbocycles. The molecule has 3 rings (SSSR count). The van der Waals surface area contributed by atoms with Crippen molar-refractivity contribution in [2.75, 3.05) is 26.1 Å². The highest BCUT2D eigenvalue weighted by Gasteiger charge is 2.35. The lowest BCUT2D eigenvalue weighted by atomic mass is 10.2. The van der Waals surface area contributed by atoms with Gasteiger partial charge in [0.1, 0.15) is 40.1 Å². The van der Waals surface area contributed by atoms with Crippen LogP contribution in [0.5, 0.6) is 11.5 Å². The maximum Gasteiger partial charge on any atom is 0.243 e. The summed E-state index contributed by atoms with van der Waals surface area (Å²) in [6.07, 6.45) is -0.292. The Morgan fingerprint density at radius 1 is 1.13 bits per heavy atom. The lowest BCUT2D eigenvalue weighted by molar-refractivity contribution is 0.154. The van der Waals surface area contributed by atoms with Crippen LogP contribution in [0.25, 0.3) is 17.2 Å². The molecule has 0 aliphatic carbocycles. The number of allylic oxidation sites excluding steroid dienone is 1. The molecule has 12 nitrogen and oxygen atoms in total. The Bertz CT molecular complexity index is 1480. The van der Waals surface area contributed by atoms with Gasteiger partial charge < -0.3 is 14.2 Å². The number of aryl methyl sites for hydroxylation is 1. The van der Waals surface area contributed by atoms with Gasteiger partial charge in [0.05, 0.1) is 20.4 Å². The molecule has 3 aromatic rings. The molecule has 0 unspecified atom stereocenters. The summed E-state index contributed by atoms with van der Waals surface area (Å²) in [6, 6.07) is 10.4. The van der Waals surface area contributed by atoms with Gasteiger partial charge in [0.25, 0.3) is 0 Å². The van der Waals surface area contributed by atoms with E-state index in [9.17, 15) is 12.8 Å². The number of nitrogens with zero attached hydrogens (tertiary/aromatic N) is 6. The van der Waals surface area contributed by atoms with Crippen molar-refractivity contribution in [3.63, 3.8) is 0 Å². The third-order valence-electron chi connectivity index (χ3n) is 5.60. The zero-order valence-corrected chi connectivity index (χ0v) is 23.2. The minimum atomic E-state index is -4.25. The second-order valence-electron chi connectivity index (χ2n) is 8.23. The third-order valence-corrected chi connectivity index (χ3v) is 7.29. The van der Waals surface area contributed by atoms with E-state index in [1.165, 1.54) is 39.7 Å². The average Bonchev–Trinajstić information content (AvgIpc) is 3.32. The van der Waals surface area contributed by atoms with Crippen molar-refractivity contribution < 1.29 is 27.0 Å². The number of anilines is 1. The van der Waals surface area contributed by atoms with E-state index in [-0.39, 0.29) is 17.6 Å². The fourth-order valence-corrected chi connectivity index (χ4v) is 4.83. The van der Waals surface area contributed by atoms with Gasteiger partial charge in [-0.25, -0.2) is 27.8 Å². The molecule has 2 atom stereocenters. The first-order valence-electron chi connectivity index (χ1n) is 11.6. The van der Waals surface area contributed by atoms with Crippen molar-refractivity contribution in [3.05, 3.63) is 54.1 Å². The number of hydrogen-bond donors (Lipinski definition) is 1. The van der Waals surface area contributed by atoms with Crippen molar-refractivity contribution in [2.45, 2.75) is 32.1 Å². The van der Waals surface area contributed by atoms with Gasteiger partial charge in [0.2, 0.25) is 16.0 Å². The highest BCUT2D eigenvalue weighted by Crippen LogP contribution is 2.37. The number of pyridine rings is 1. The van der Waals surface area contributed by atoms with Gasteiger partial charge >= 0.3 is 0 Å². The summed E-state index contributed by atoms with van der Waals surface area (Å²) in [5, 5.41) is 7.10. The number of nitrogens with one attached hydrogen (secondary N) is 1. The number of aromatic nitrogens is 4. The second kappa shape index (κ2) is 12.6. The van der Waals surface area contributed by atoms with Crippen molar-refractivity contribution >= 4 is 28.5 Å². The molecule has 0 fully saturated rings. The Morgan fingerprint density at radius 3 is 2.31 bits per heavy atom. The lowest BCUT2D eigenvalue weighted by Crippen LogP contribution is -2.41. The number of hydrogen-bond acceptors (Lipinski definition) is 9. The van der Waals surface area contributed by atoms with Crippen molar-refractivity contribution in [1.29, 1.82) is 0 Å². The minimum Gasteiger partial charge on any atom is -0.494 e. The summed E-state index contributed by atoms with van der Waals surface area (Å²) >= 11 is 0. The van der Waals surface area contributed by atoms with Crippen LogP contribution in [0.2, 0.25) is 0 Å². The van der Waals surface area contributed by atoms with Crippen LogP contribution < -0.4 is 14.2 Å². The van der Waals surface area contributed by atoms with E-state index in [1.807, 2.05) is 13.0 Å². The summed E-state index contributed by atoms with van der Waals surface area (Å²) in [5.41, 5.74) is 1.49. The molecular weight excluding hydrogens is 529 g/mol. The van der Waals surface area contributed by atoms with Crippen LogP contribution in [0.1, 0.15) is 19.5 Å². The fourth-order valence-electron chi connectivity index (χ4n) is 3.70. The summed E-state index contributed by atoms with van der Waals surface area (Å²) < 4.78 is 60.9. The molecule has 1 N–H and O–H groups in total. The summed E-state index contributed by atoms with van der Waals surface area (Å²) in [7, 11) is -0.0210. The number of halogens is 1. The molecule has 0 aliphatic rings. The van der Waals surface area contributed by atoms with Crippen LogP contribution in [-0.2, 0) is 14.8 Å². The van der Waals surface area contributed by atoms with Gasteiger partial charge in [-0.05, 0) is 51.8 Å². The number of rotatable bonds is 11. The Hall–Kier alpha value is -4.17. The van der Waals surface area contributed by atoms with Crippen LogP contribution in [-0.4, -0.2) is 73.4 Å². The van der Waals surface area contributed by atoms with Crippen LogP contribution in [0.15, 0.2) is 58.4 Å². The topological polar surface area (TPSA) is 142 Å². The maximum atomic E-state index is 13.6. The van der Waals surface area contributed by atoms with Gasteiger partial charge in [-0.15, -0.1) is 10.2 Å². The van der Waals surface area contributed by atoms with Gasteiger partial charge in [0, 0.05) is 12.8 Å². The first kappa shape index (κ1) is 29.4. The monoisotopic (exact) mass is 559 g/mol. The molecule has 1 aromatic carbocycles. The molecule has 2 aromatic heterocycles. The maximum absolute atomic E-state index is 13.6. The Labute approximate surface area is 226 Å². The molecule has 0 spiro atoms. The average molecular weight is 560 g/mol. The predicted octanol–water partition coefficient (Wildman–Crippen LogP) is 3.73. The Balaban J connectivity index is 2.19. The SMILES string of the molecule is C=NC(=N/C=C(\C)F)[C@@H](OC)[C@H](C)S(=O)(=O)Nc1nnc(-c2cccc(C)n2)n1-c1c(OC)cccc1OC. The van der Waals surface area contributed by atoms with Crippen molar-refractivity contribution in [3.8, 4) is 28.7 Å². The van der Waals surface area contributed by atoms with E-state index < -0.39 is 27.2 Å². The third kappa shape index (κ3) is 6.46.